The predicted molar refractivity (Wildman–Crippen MR) is 94.3 cm³/mol. The smallest absolute Gasteiger partial charge is 0.344 e. The molecule has 5 nitrogen and oxygen atoms in total. The molecule has 5 heteroatoms. The largest absolute Gasteiger partial charge is 0.497 e. The van der Waals surface area contributed by atoms with Crippen molar-refractivity contribution in [3.63, 3.8) is 0 Å². The van der Waals surface area contributed by atoms with E-state index < -0.39 is 12.1 Å². The van der Waals surface area contributed by atoms with Crippen molar-refractivity contribution in [2.75, 3.05) is 13.7 Å². The first kappa shape index (κ1) is 18.5. The Labute approximate surface area is 147 Å². The molecular weight excluding hydrogens is 320 g/mol. The van der Waals surface area contributed by atoms with Crippen LogP contribution in [0.25, 0.3) is 0 Å². The maximum atomic E-state index is 12.3. The van der Waals surface area contributed by atoms with E-state index in [0.717, 1.165) is 11.1 Å². The standard InChI is InChI=1S/C20H22O5/c1-13-6-5-7-14(2)20(13)24-12-18(21)25-15(3)19(22)16-8-10-17(23-4)11-9-16/h5-11,15H,12H2,1-4H3/t15-/m1/s1. The van der Waals surface area contributed by atoms with Crippen LogP contribution < -0.4 is 9.47 Å². The van der Waals surface area contributed by atoms with E-state index in [1.54, 1.807) is 38.3 Å². The first-order chi connectivity index (χ1) is 11.9. The van der Waals surface area contributed by atoms with Crippen molar-refractivity contribution in [1.82, 2.24) is 0 Å². The highest BCUT2D eigenvalue weighted by Gasteiger charge is 2.20. The monoisotopic (exact) mass is 342 g/mol. The number of ether oxygens (including phenoxy) is 3. The Balaban J connectivity index is 1.91. The molecule has 1 atom stereocenters. The maximum absolute atomic E-state index is 12.3. The van der Waals surface area contributed by atoms with Gasteiger partial charge in [-0.2, -0.15) is 0 Å². The summed E-state index contributed by atoms with van der Waals surface area (Å²) in [7, 11) is 1.55. The second-order valence-electron chi connectivity index (χ2n) is 5.73. The van der Waals surface area contributed by atoms with Crippen molar-refractivity contribution in [1.29, 1.82) is 0 Å². The lowest BCUT2D eigenvalue weighted by Crippen LogP contribution is -2.27. The lowest BCUT2D eigenvalue weighted by Gasteiger charge is -2.14. The van der Waals surface area contributed by atoms with Crippen LogP contribution in [0.5, 0.6) is 11.5 Å². The molecule has 0 fully saturated rings. The highest BCUT2D eigenvalue weighted by atomic mass is 16.6. The number of carbonyl (C=O) groups is 2. The van der Waals surface area contributed by atoms with Gasteiger partial charge in [0.05, 0.1) is 7.11 Å². The first-order valence-corrected chi connectivity index (χ1v) is 7.99. The van der Waals surface area contributed by atoms with Crippen LogP contribution in [0.15, 0.2) is 42.5 Å². The van der Waals surface area contributed by atoms with Crippen LogP contribution in [0, 0.1) is 13.8 Å². The fraction of sp³-hybridized carbons (Fsp3) is 0.300. The van der Waals surface area contributed by atoms with Crippen LogP contribution in [0.3, 0.4) is 0 Å². The van der Waals surface area contributed by atoms with Gasteiger partial charge in [0.15, 0.2) is 12.7 Å². The predicted octanol–water partition coefficient (Wildman–Crippen LogP) is 3.51. The number of hydrogen-bond donors (Lipinski definition) is 0. The fourth-order valence-electron chi connectivity index (χ4n) is 2.43. The van der Waals surface area contributed by atoms with Gasteiger partial charge in [0.1, 0.15) is 11.5 Å². The zero-order chi connectivity index (χ0) is 18.4. The van der Waals surface area contributed by atoms with E-state index >= 15 is 0 Å². The molecule has 0 saturated carbocycles. The molecule has 0 aliphatic rings. The van der Waals surface area contributed by atoms with E-state index in [-0.39, 0.29) is 12.4 Å². The second kappa shape index (κ2) is 8.33. The Morgan fingerprint density at radius 3 is 2.16 bits per heavy atom. The number of carbonyl (C=O) groups excluding carboxylic acids is 2. The fourth-order valence-corrected chi connectivity index (χ4v) is 2.43. The van der Waals surface area contributed by atoms with Crippen LogP contribution in [-0.4, -0.2) is 31.6 Å². The number of methoxy groups -OCH3 is 1. The van der Waals surface area contributed by atoms with Crippen LogP contribution in [0.2, 0.25) is 0 Å². The summed E-state index contributed by atoms with van der Waals surface area (Å²) < 4.78 is 15.8. The van der Waals surface area contributed by atoms with Crippen LogP contribution in [-0.2, 0) is 9.53 Å². The van der Waals surface area contributed by atoms with Gasteiger partial charge in [-0.05, 0) is 56.2 Å². The van der Waals surface area contributed by atoms with Crippen molar-refractivity contribution in [3.05, 3.63) is 59.2 Å². The van der Waals surface area contributed by atoms with Gasteiger partial charge >= 0.3 is 5.97 Å². The molecule has 2 aromatic carbocycles. The summed E-state index contributed by atoms with van der Waals surface area (Å²) >= 11 is 0. The van der Waals surface area contributed by atoms with Crippen molar-refractivity contribution in [3.8, 4) is 11.5 Å². The van der Waals surface area contributed by atoms with Gasteiger partial charge in [-0.3, -0.25) is 4.79 Å². The molecule has 0 bridgehead atoms. The highest BCUT2D eigenvalue weighted by molar-refractivity contribution is 6.00. The number of para-hydroxylation sites is 1. The average molecular weight is 342 g/mol. The maximum Gasteiger partial charge on any atom is 0.344 e. The normalized spacial score (nSPS) is 11.5. The van der Waals surface area contributed by atoms with Crippen molar-refractivity contribution < 1.29 is 23.8 Å². The van der Waals surface area contributed by atoms with Gasteiger partial charge in [0, 0.05) is 5.56 Å². The third kappa shape index (κ3) is 4.83. The summed E-state index contributed by atoms with van der Waals surface area (Å²) in [6, 6.07) is 12.4. The van der Waals surface area contributed by atoms with E-state index in [4.69, 9.17) is 14.2 Å². The molecule has 2 aromatic rings. The third-order valence-corrected chi connectivity index (χ3v) is 3.80. The molecule has 25 heavy (non-hydrogen) atoms. The highest BCUT2D eigenvalue weighted by Crippen LogP contribution is 2.22. The minimum atomic E-state index is -0.887. The molecule has 0 unspecified atom stereocenters. The summed E-state index contributed by atoms with van der Waals surface area (Å²) in [5, 5.41) is 0. The Hall–Kier alpha value is -2.82. The molecule has 0 spiro atoms. The van der Waals surface area contributed by atoms with Gasteiger partial charge in [0.2, 0.25) is 5.78 Å². The Morgan fingerprint density at radius 1 is 1.00 bits per heavy atom. The number of ketones is 1. The van der Waals surface area contributed by atoms with Crippen LogP contribution in [0.1, 0.15) is 28.4 Å². The number of rotatable bonds is 7. The summed E-state index contributed by atoms with van der Waals surface area (Å²) in [5.74, 6) is 0.455. The number of Topliss-reactive ketones (excluding diaryl/α,β-unsaturated/α-hetero) is 1. The number of benzene rings is 2. The van der Waals surface area contributed by atoms with E-state index in [2.05, 4.69) is 0 Å². The summed E-state index contributed by atoms with van der Waals surface area (Å²) in [4.78, 5) is 24.3. The van der Waals surface area contributed by atoms with Crippen LogP contribution >= 0.6 is 0 Å². The molecular formula is C20H22O5. The molecule has 2 rings (SSSR count). The zero-order valence-electron chi connectivity index (χ0n) is 14.9. The Kier molecular flexibility index (Phi) is 6.17. The third-order valence-electron chi connectivity index (χ3n) is 3.80. The molecule has 0 N–H and O–H groups in total. The summed E-state index contributed by atoms with van der Waals surface area (Å²) in [6.45, 7) is 5.11. The summed E-state index contributed by atoms with van der Waals surface area (Å²) in [6.07, 6.45) is -0.887. The molecule has 0 aliphatic carbocycles. The van der Waals surface area contributed by atoms with Crippen molar-refractivity contribution in [2.24, 2.45) is 0 Å². The van der Waals surface area contributed by atoms with Gasteiger partial charge < -0.3 is 14.2 Å². The molecule has 0 aromatic heterocycles. The van der Waals surface area contributed by atoms with Crippen LogP contribution in [0.4, 0.5) is 0 Å². The summed E-state index contributed by atoms with van der Waals surface area (Å²) in [5.41, 5.74) is 2.34. The molecule has 0 radical (unpaired) electrons. The minimum Gasteiger partial charge on any atom is -0.497 e. The zero-order valence-corrected chi connectivity index (χ0v) is 14.9. The molecule has 0 heterocycles. The average Bonchev–Trinajstić information content (AvgIpc) is 2.60. The molecule has 0 aliphatic heterocycles. The van der Waals surface area contributed by atoms with E-state index in [1.165, 1.54) is 0 Å². The Bertz CT molecular complexity index is 729. The lowest BCUT2D eigenvalue weighted by molar-refractivity contribution is -0.148. The molecule has 0 amide bonds. The quantitative estimate of drug-likeness (QED) is 0.569. The number of aryl methyl sites for hydroxylation is 2. The first-order valence-electron chi connectivity index (χ1n) is 7.99. The van der Waals surface area contributed by atoms with Gasteiger partial charge in [-0.1, -0.05) is 18.2 Å². The topological polar surface area (TPSA) is 61.8 Å². The number of hydrogen-bond acceptors (Lipinski definition) is 5. The lowest BCUT2D eigenvalue weighted by atomic mass is 10.1. The SMILES string of the molecule is COc1ccc(C(=O)[C@@H](C)OC(=O)COc2c(C)cccc2C)cc1. The van der Waals surface area contributed by atoms with Gasteiger partial charge in [-0.25, -0.2) is 4.79 Å². The minimum absolute atomic E-state index is 0.244. The van der Waals surface area contributed by atoms with Gasteiger partial charge in [-0.15, -0.1) is 0 Å². The second-order valence-corrected chi connectivity index (χ2v) is 5.73. The van der Waals surface area contributed by atoms with E-state index in [9.17, 15) is 9.59 Å². The van der Waals surface area contributed by atoms with Crippen molar-refractivity contribution >= 4 is 11.8 Å². The molecule has 0 saturated heterocycles. The number of esters is 1. The molecule has 132 valence electrons. The Morgan fingerprint density at radius 2 is 1.60 bits per heavy atom. The van der Waals surface area contributed by atoms with E-state index in [0.29, 0.717) is 17.1 Å². The van der Waals surface area contributed by atoms with Crippen molar-refractivity contribution in [2.45, 2.75) is 26.9 Å². The van der Waals surface area contributed by atoms with E-state index in [1.807, 2.05) is 32.0 Å². The van der Waals surface area contributed by atoms with Gasteiger partial charge in [0.25, 0.3) is 0 Å².